The molecule has 0 unspecified atom stereocenters. The van der Waals surface area contributed by atoms with Crippen molar-refractivity contribution in [3.8, 4) is 11.5 Å². The van der Waals surface area contributed by atoms with Crippen LogP contribution in [0.15, 0.2) is 60.8 Å². The van der Waals surface area contributed by atoms with Gasteiger partial charge in [-0.15, -0.1) is 0 Å². The molecule has 2 aromatic carbocycles. The number of fused-ring (bicyclic) bond motifs is 1. The number of phenols is 1. The molecule has 0 bridgehead atoms. The molecule has 1 saturated heterocycles. The van der Waals surface area contributed by atoms with E-state index in [4.69, 9.17) is 4.74 Å². The molecule has 0 radical (unpaired) electrons. The fourth-order valence-electron chi connectivity index (χ4n) is 3.44. The number of aromatic hydroxyl groups is 1. The van der Waals surface area contributed by atoms with E-state index in [1.54, 1.807) is 23.2 Å². The molecule has 1 atom stereocenters. The van der Waals surface area contributed by atoms with Crippen LogP contribution in [0.25, 0.3) is 10.9 Å². The Morgan fingerprint density at radius 2 is 1.97 bits per heavy atom. The molecule has 4 rings (SSSR count). The maximum Gasteiger partial charge on any atom is 0.227 e. The lowest BCUT2D eigenvalue weighted by atomic mass is 10.1. The highest BCUT2D eigenvalue weighted by Crippen LogP contribution is 2.26. The van der Waals surface area contributed by atoms with Crippen LogP contribution in [0.3, 0.4) is 0 Å². The minimum Gasteiger partial charge on any atom is -0.508 e. The number of benzene rings is 2. The Balaban J connectivity index is 1.29. The van der Waals surface area contributed by atoms with Gasteiger partial charge in [-0.25, -0.2) is 0 Å². The number of phenolic OH excluding ortho intramolecular Hbond substituents is 1. The third kappa shape index (κ3) is 4.13. The van der Waals surface area contributed by atoms with Gasteiger partial charge in [-0.2, -0.15) is 0 Å². The molecule has 29 heavy (non-hydrogen) atoms. The quantitative estimate of drug-likeness (QED) is 0.630. The Labute approximate surface area is 167 Å². The molecule has 1 aliphatic rings. The molecule has 7 nitrogen and oxygen atoms in total. The summed E-state index contributed by atoms with van der Waals surface area (Å²) in [6.07, 6.45) is 1.88. The van der Waals surface area contributed by atoms with Crippen LogP contribution in [0, 0.1) is 5.92 Å². The number of pyridine rings is 1. The summed E-state index contributed by atoms with van der Waals surface area (Å²) in [5.74, 6) is 0.131. The van der Waals surface area contributed by atoms with E-state index in [1.807, 2.05) is 30.3 Å². The Morgan fingerprint density at radius 1 is 1.17 bits per heavy atom. The zero-order valence-corrected chi connectivity index (χ0v) is 15.7. The molecule has 0 spiro atoms. The van der Waals surface area contributed by atoms with Crippen LogP contribution in [0.1, 0.15) is 6.42 Å². The topological polar surface area (TPSA) is 91.8 Å². The second-order valence-electron chi connectivity index (χ2n) is 6.89. The SMILES string of the molecule is O=C(NCCOc1cccc2cccnc12)[C@@H]1CC(=O)N(c2ccc(O)cc2)C1. The standard InChI is InChI=1S/C22H21N3O4/c26-18-8-6-17(7-9-18)25-14-16(13-20(25)27)22(28)24-11-12-29-19-5-1-3-15-4-2-10-23-21(15)19/h1-10,16,26H,11-14H2,(H,24,28)/t16-/m1/s1. The molecule has 7 heteroatoms. The Hall–Kier alpha value is -3.61. The van der Waals surface area contributed by atoms with Gasteiger partial charge in [0.05, 0.1) is 12.5 Å². The molecule has 148 valence electrons. The number of para-hydroxylation sites is 1. The molecular formula is C22H21N3O4. The fourth-order valence-corrected chi connectivity index (χ4v) is 3.44. The van der Waals surface area contributed by atoms with Gasteiger partial charge >= 0.3 is 0 Å². The lowest BCUT2D eigenvalue weighted by Gasteiger charge is -2.17. The number of ether oxygens (including phenoxy) is 1. The second kappa shape index (κ2) is 8.18. The summed E-state index contributed by atoms with van der Waals surface area (Å²) >= 11 is 0. The third-order valence-electron chi connectivity index (χ3n) is 4.91. The summed E-state index contributed by atoms with van der Waals surface area (Å²) in [5, 5.41) is 13.2. The van der Waals surface area contributed by atoms with E-state index in [-0.39, 0.29) is 24.0 Å². The number of rotatable bonds is 6. The van der Waals surface area contributed by atoms with Crippen LogP contribution in [-0.2, 0) is 9.59 Å². The molecule has 2 N–H and O–H groups in total. The van der Waals surface area contributed by atoms with Crippen LogP contribution in [-0.4, -0.2) is 41.6 Å². The van der Waals surface area contributed by atoms with Crippen molar-refractivity contribution in [2.24, 2.45) is 5.92 Å². The first-order chi connectivity index (χ1) is 14.1. The number of nitrogens with one attached hydrogen (secondary N) is 1. The Morgan fingerprint density at radius 3 is 2.79 bits per heavy atom. The van der Waals surface area contributed by atoms with Gasteiger partial charge in [-0.3, -0.25) is 14.6 Å². The van der Waals surface area contributed by atoms with E-state index >= 15 is 0 Å². The van der Waals surface area contributed by atoms with Gasteiger partial charge in [-0.1, -0.05) is 18.2 Å². The molecule has 0 saturated carbocycles. The number of carbonyl (C=O) groups excluding carboxylic acids is 2. The lowest BCUT2D eigenvalue weighted by Crippen LogP contribution is -2.35. The third-order valence-corrected chi connectivity index (χ3v) is 4.91. The van der Waals surface area contributed by atoms with E-state index in [1.165, 1.54) is 12.1 Å². The van der Waals surface area contributed by atoms with E-state index in [2.05, 4.69) is 10.3 Å². The largest absolute Gasteiger partial charge is 0.508 e. The van der Waals surface area contributed by atoms with Crippen LogP contribution in [0.2, 0.25) is 0 Å². The van der Waals surface area contributed by atoms with Crippen molar-refractivity contribution < 1.29 is 19.4 Å². The van der Waals surface area contributed by atoms with Gasteiger partial charge in [0.25, 0.3) is 0 Å². The van der Waals surface area contributed by atoms with Gasteiger partial charge in [0, 0.05) is 30.2 Å². The van der Waals surface area contributed by atoms with Crippen LogP contribution in [0.5, 0.6) is 11.5 Å². The monoisotopic (exact) mass is 391 g/mol. The first-order valence-electron chi connectivity index (χ1n) is 9.45. The molecule has 1 aliphatic heterocycles. The van der Waals surface area contributed by atoms with Crippen LogP contribution < -0.4 is 15.0 Å². The number of amides is 2. The smallest absolute Gasteiger partial charge is 0.227 e. The predicted molar refractivity (Wildman–Crippen MR) is 109 cm³/mol. The lowest BCUT2D eigenvalue weighted by molar-refractivity contribution is -0.126. The highest BCUT2D eigenvalue weighted by molar-refractivity contribution is 6.00. The average Bonchev–Trinajstić information content (AvgIpc) is 3.13. The molecule has 1 aromatic heterocycles. The van der Waals surface area contributed by atoms with Crippen molar-refractivity contribution in [2.45, 2.75) is 6.42 Å². The zero-order chi connectivity index (χ0) is 20.2. The van der Waals surface area contributed by atoms with Crippen LogP contribution in [0.4, 0.5) is 5.69 Å². The zero-order valence-electron chi connectivity index (χ0n) is 15.7. The maximum atomic E-state index is 12.4. The first-order valence-corrected chi connectivity index (χ1v) is 9.45. The number of carbonyl (C=O) groups is 2. The fraction of sp³-hybridized carbons (Fsp3) is 0.227. The van der Waals surface area contributed by atoms with Gasteiger partial charge in [0.1, 0.15) is 23.6 Å². The van der Waals surface area contributed by atoms with Gasteiger partial charge in [0.15, 0.2) is 0 Å². The van der Waals surface area contributed by atoms with Crippen molar-refractivity contribution in [1.29, 1.82) is 0 Å². The average molecular weight is 391 g/mol. The summed E-state index contributed by atoms with van der Waals surface area (Å²) in [7, 11) is 0. The summed E-state index contributed by atoms with van der Waals surface area (Å²) in [6, 6.07) is 15.9. The second-order valence-corrected chi connectivity index (χ2v) is 6.89. The van der Waals surface area contributed by atoms with Crippen LogP contribution >= 0.6 is 0 Å². The molecule has 0 aliphatic carbocycles. The van der Waals surface area contributed by atoms with Gasteiger partial charge < -0.3 is 20.1 Å². The summed E-state index contributed by atoms with van der Waals surface area (Å²) in [4.78, 5) is 30.6. The minimum absolute atomic E-state index is 0.103. The highest BCUT2D eigenvalue weighted by atomic mass is 16.5. The summed E-state index contributed by atoms with van der Waals surface area (Å²) in [5.41, 5.74) is 1.46. The van der Waals surface area contributed by atoms with Crippen molar-refractivity contribution in [1.82, 2.24) is 10.3 Å². The maximum absolute atomic E-state index is 12.4. The first kappa shape index (κ1) is 18.7. The summed E-state index contributed by atoms with van der Waals surface area (Å²) < 4.78 is 5.78. The number of hydrogen-bond donors (Lipinski definition) is 2. The molecular weight excluding hydrogens is 370 g/mol. The minimum atomic E-state index is -0.407. The molecule has 2 heterocycles. The summed E-state index contributed by atoms with van der Waals surface area (Å²) in [6.45, 7) is 0.971. The van der Waals surface area contributed by atoms with Crippen molar-refractivity contribution >= 4 is 28.4 Å². The van der Waals surface area contributed by atoms with Crippen molar-refractivity contribution in [3.05, 3.63) is 60.8 Å². The van der Waals surface area contributed by atoms with E-state index < -0.39 is 5.92 Å². The molecule has 1 fully saturated rings. The van der Waals surface area contributed by atoms with Gasteiger partial charge in [0.2, 0.25) is 11.8 Å². The molecule has 2 amide bonds. The highest BCUT2D eigenvalue weighted by Gasteiger charge is 2.34. The number of nitrogens with zero attached hydrogens (tertiary/aromatic N) is 2. The number of hydrogen-bond acceptors (Lipinski definition) is 5. The van der Waals surface area contributed by atoms with Gasteiger partial charge in [-0.05, 0) is 36.4 Å². The van der Waals surface area contributed by atoms with E-state index in [0.29, 0.717) is 31.1 Å². The van der Waals surface area contributed by atoms with Crippen molar-refractivity contribution in [2.75, 3.05) is 24.6 Å². The molecule has 3 aromatic rings. The number of anilines is 1. The van der Waals surface area contributed by atoms with Crippen molar-refractivity contribution in [3.63, 3.8) is 0 Å². The van der Waals surface area contributed by atoms with E-state index in [0.717, 1.165) is 10.9 Å². The Bertz CT molecular complexity index is 1030. The predicted octanol–water partition coefficient (Wildman–Crippen LogP) is 2.49. The Kier molecular flexibility index (Phi) is 5.29. The van der Waals surface area contributed by atoms with E-state index in [9.17, 15) is 14.7 Å². The normalized spacial score (nSPS) is 16.2. The number of aromatic nitrogens is 1.